The van der Waals surface area contributed by atoms with Crippen LogP contribution in [0.1, 0.15) is 22.8 Å². The summed E-state index contributed by atoms with van der Waals surface area (Å²) in [5, 5.41) is 8.95. The summed E-state index contributed by atoms with van der Waals surface area (Å²) in [6.45, 7) is 1.80. The van der Waals surface area contributed by atoms with Crippen LogP contribution in [0.15, 0.2) is 18.2 Å². The van der Waals surface area contributed by atoms with Crippen LogP contribution in [-0.2, 0) is 0 Å². The topological polar surface area (TPSA) is 63.3 Å². The van der Waals surface area contributed by atoms with Crippen molar-refractivity contribution in [2.45, 2.75) is 6.92 Å². The first-order valence-electron chi connectivity index (χ1n) is 4.08. The molecular formula is C10H11INO2. The van der Waals surface area contributed by atoms with Crippen molar-refractivity contribution >= 4 is 28.5 Å². The summed E-state index contributed by atoms with van der Waals surface area (Å²) in [4.78, 5) is 11.0. The molecule has 0 atom stereocenters. The minimum Gasteiger partial charge on any atom is -0.395 e. The van der Waals surface area contributed by atoms with Gasteiger partial charge in [-0.2, -0.15) is 0 Å². The zero-order valence-electron chi connectivity index (χ0n) is 7.75. The van der Waals surface area contributed by atoms with Crippen LogP contribution in [0.3, 0.4) is 0 Å². The molecule has 0 bridgehead atoms. The molecule has 1 radical (unpaired) electrons. The largest absolute Gasteiger partial charge is 0.395 e. The van der Waals surface area contributed by atoms with Crippen molar-refractivity contribution in [3.63, 3.8) is 0 Å². The molecule has 14 heavy (non-hydrogen) atoms. The molecule has 0 fully saturated rings. The first-order valence-corrected chi connectivity index (χ1v) is 5.16. The molecule has 3 nitrogen and oxygen atoms in total. The Balaban J connectivity index is 3.13. The molecule has 1 amide bonds. The number of hydrogen-bond donors (Lipinski definition) is 2. The number of nitrogens with two attached hydrogens (primary N) is 1. The fourth-order valence-electron chi connectivity index (χ4n) is 1.07. The number of benzene rings is 1. The van der Waals surface area contributed by atoms with Crippen molar-refractivity contribution in [1.29, 1.82) is 0 Å². The molecule has 1 aromatic carbocycles. The van der Waals surface area contributed by atoms with Crippen LogP contribution in [0.25, 0.3) is 0 Å². The molecule has 0 saturated carbocycles. The highest BCUT2D eigenvalue weighted by Gasteiger charge is 2.09. The molecule has 1 aromatic rings. The fourth-order valence-corrected chi connectivity index (χ4v) is 1.74. The molecule has 4 heteroatoms. The van der Waals surface area contributed by atoms with Gasteiger partial charge in [0.2, 0.25) is 5.91 Å². The molecule has 0 aliphatic heterocycles. The Labute approximate surface area is 96.4 Å². The van der Waals surface area contributed by atoms with Gasteiger partial charge in [0.25, 0.3) is 0 Å². The van der Waals surface area contributed by atoms with Crippen LogP contribution in [-0.4, -0.2) is 17.6 Å². The quantitative estimate of drug-likeness (QED) is 0.827. The summed E-state index contributed by atoms with van der Waals surface area (Å²) < 4.78 is 0.932. The molecular weight excluding hydrogens is 293 g/mol. The number of carbonyl (C=O) groups excluding carboxylic acids is 1. The second kappa shape index (κ2) is 4.75. The van der Waals surface area contributed by atoms with Crippen LogP contribution < -0.4 is 5.73 Å². The van der Waals surface area contributed by atoms with Crippen molar-refractivity contribution in [3.8, 4) is 0 Å². The smallest absolute Gasteiger partial charge is 0.248 e. The van der Waals surface area contributed by atoms with Gasteiger partial charge in [0.15, 0.2) is 0 Å². The SMILES string of the molecule is C[C](CO)c1cc(I)cc(C(N)=O)c1. The van der Waals surface area contributed by atoms with Gasteiger partial charge >= 0.3 is 0 Å². The monoisotopic (exact) mass is 304 g/mol. The summed E-state index contributed by atoms with van der Waals surface area (Å²) in [5.41, 5.74) is 6.51. The van der Waals surface area contributed by atoms with Crippen molar-refractivity contribution < 1.29 is 9.90 Å². The van der Waals surface area contributed by atoms with E-state index in [1.165, 1.54) is 0 Å². The number of aliphatic hydroxyl groups is 1. The van der Waals surface area contributed by atoms with Crippen molar-refractivity contribution in [3.05, 3.63) is 38.8 Å². The minimum absolute atomic E-state index is 0.0156. The molecule has 0 heterocycles. The molecule has 0 spiro atoms. The fraction of sp³-hybridized carbons (Fsp3) is 0.200. The van der Waals surface area contributed by atoms with Crippen molar-refractivity contribution in [2.75, 3.05) is 6.61 Å². The maximum absolute atomic E-state index is 11.0. The molecule has 0 aliphatic rings. The Morgan fingerprint density at radius 2 is 2.00 bits per heavy atom. The lowest BCUT2D eigenvalue weighted by Crippen LogP contribution is -2.12. The molecule has 0 aliphatic carbocycles. The number of carbonyl (C=O) groups is 1. The number of rotatable bonds is 3. The van der Waals surface area contributed by atoms with E-state index in [9.17, 15) is 4.79 Å². The Hall–Kier alpha value is -0.620. The van der Waals surface area contributed by atoms with Gasteiger partial charge in [-0.15, -0.1) is 0 Å². The van der Waals surface area contributed by atoms with E-state index in [0.717, 1.165) is 15.1 Å². The first-order chi connectivity index (χ1) is 6.54. The third kappa shape index (κ3) is 2.68. The Morgan fingerprint density at radius 3 is 2.50 bits per heavy atom. The molecule has 0 saturated heterocycles. The van der Waals surface area contributed by atoms with Gasteiger partial charge in [-0.1, -0.05) is 6.92 Å². The van der Waals surface area contributed by atoms with Gasteiger partial charge in [-0.25, -0.2) is 0 Å². The summed E-state index contributed by atoms with van der Waals surface area (Å²) in [7, 11) is 0. The average Bonchev–Trinajstić information content (AvgIpc) is 2.15. The first kappa shape index (κ1) is 11.5. The standard InChI is InChI=1S/C10H11INO2/c1-6(5-13)7-2-8(10(12)14)4-9(11)3-7/h2-4,13H,5H2,1H3,(H2,12,14). The van der Waals surface area contributed by atoms with Crippen LogP contribution in [0.2, 0.25) is 0 Å². The van der Waals surface area contributed by atoms with E-state index in [-0.39, 0.29) is 6.61 Å². The maximum Gasteiger partial charge on any atom is 0.248 e. The highest BCUT2D eigenvalue weighted by molar-refractivity contribution is 14.1. The second-order valence-corrected chi connectivity index (χ2v) is 4.28. The van der Waals surface area contributed by atoms with Gasteiger partial charge in [0.05, 0.1) is 6.61 Å². The van der Waals surface area contributed by atoms with Crippen LogP contribution >= 0.6 is 22.6 Å². The van der Waals surface area contributed by atoms with Crippen molar-refractivity contribution in [2.24, 2.45) is 5.73 Å². The molecule has 1 rings (SSSR count). The van der Waals surface area contributed by atoms with Gasteiger partial charge in [0, 0.05) is 15.1 Å². The number of primary amides is 1. The zero-order valence-corrected chi connectivity index (χ0v) is 9.91. The lowest BCUT2D eigenvalue weighted by Gasteiger charge is -2.09. The van der Waals surface area contributed by atoms with E-state index in [4.69, 9.17) is 10.8 Å². The third-order valence-corrected chi connectivity index (χ3v) is 2.54. The van der Waals surface area contributed by atoms with Gasteiger partial charge in [0.1, 0.15) is 0 Å². The number of amides is 1. The minimum atomic E-state index is -0.449. The van der Waals surface area contributed by atoms with E-state index < -0.39 is 5.91 Å². The Bertz CT molecular complexity index is 352. The predicted octanol–water partition coefficient (Wildman–Crippen LogP) is 1.32. The van der Waals surface area contributed by atoms with Crippen LogP contribution in [0.4, 0.5) is 0 Å². The number of hydrogen-bond acceptors (Lipinski definition) is 2. The van der Waals surface area contributed by atoms with E-state index in [2.05, 4.69) is 22.6 Å². The predicted molar refractivity (Wildman–Crippen MR) is 62.8 cm³/mol. The normalized spacial score (nSPS) is 10.6. The van der Waals surface area contributed by atoms with Crippen LogP contribution in [0.5, 0.6) is 0 Å². The van der Waals surface area contributed by atoms with E-state index in [1.54, 1.807) is 12.1 Å². The Morgan fingerprint density at radius 1 is 1.43 bits per heavy atom. The highest BCUT2D eigenvalue weighted by Crippen LogP contribution is 2.18. The maximum atomic E-state index is 11.0. The lowest BCUT2D eigenvalue weighted by atomic mass is 10.00. The average molecular weight is 304 g/mol. The molecule has 0 unspecified atom stereocenters. The zero-order chi connectivity index (χ0) is 10.7. The Kier molecular flexibility index (Phi) is 3.88. The number of halogens is 1. The molecule has 0 aromatic heterocycles. The van der Waals surface area contributed by atoms with Gasteiger partial charge in [-0.05, 0) is 46.4 Å². The van der Waals surface area contributed by atoms with Crippen molar-refractivity contribution in [1.82, 2.24) is 0 Å². The number of aliphatic hydroxyl groups excluding tert-OH is 1. The van der Waals surface area contributed by atoms with Gasteiger partial charge < -0.3 is 10.8 Å². The van der Waals surface area contributed by atoms with Crippen LogP contribution in [0, 0.1) is 9.49 Å². The summed E-state index contributed by atoms with van der Waals surface area (Å²) in [5.74, 6) is 0.376. The summed E-state index contributed by atoms with van der Waals surface area (Å²) in [6.07, 6.45) is 0. The summed E-state index contributed by atoms with van der Waals surface area (Å²) >= 11 is 2.11. The van der Waals surface area contributed by atoms with E-state index >= 15 is 0 Å². The lowest BCUT2D eigenvalue weighted by molar-refractivity contribution is 0.1000. The third-order valence-electron chi connectivity index (χ3n) is 1.91. The highest BCUT2D eigenvalue weighted by atomic mass is 127. The van der Waals surface area contributed by atoms with E-state index in [0.29, 0.717) is 5.56 Å². The van der Waals surface area contributed by atoms with E-state index in [1.807, 2.05) is 13.0 Å². The van der Waals surface area contributed by atoms with Gasteiger partial charge in [-0.3, -0.25) is 4.79 Å². The molecule has 3 N–H and O–H groups in total. The summed E-state index contributed by atoms with van der Waals surface area (Å²) in [6, 6.07) is 5.31. The molecule has 75 valence electrons. The second-order valence-electron chi connectivity index (χ2n) is 3.03.